The van der Waals surface area contributed by atoms with Crippen molar-refractivity contribution in [2.75, 3.05) is 13.1 Å². The molecular weight excluding hydrogens is 228 g/mol. The lowest BCUT2D eigenvalue weighted by molar-refractivity contribution is 0.0908. The van der Waals surface area contributed by atoms with Crippen LogP contribution in [0.1, 0.15) is 29.8 Å². The minimum atomic E-state index is -0.0370. The first-order valence-corrected chi connectivity index (χ1v) is 6.73. The number of hydrogen-bond donors (Lipinski definition) is 2. The van der Waals surface area contributed by atoms with Crippen molar-refractivity contribution in [1.82, 2.24) is 20.4 Å². The molecule has 1 aromatic heterocycles. The number of amides is 1. The summed E-state index contributed by atoms with van der Waals surface area (Å²) in [6.45, 7) is 2.27. The van der Waals surface area contributed by atoms with Crippen LogP contribution in [-0.4, -0.2) is 34.8 Å². The van der Waals surface area contributed by atoms with Gasteiger partial charge in [-0.1, -0.05) is 0 Å². The molecule has 1 saturated heterocycles. The predicted molar refractivity (Wildman–Crippen MR) is 68.2 cm³/mol. The lowest BCUT2D eigenvalue weighted by atomic mass is 9.79. The molecule has 5 nitrogen and oxygen atoms in total. The summed E-state index contributed by atoms with van der Waals surface area (Å²) in [6.07, 6.45) is 5.23. The maximum atomic E-state index is 12.0. The smallest absolute Gasteiger partial charge is 0.271 e. The average molecular weight is 248 g/mol. The van der Waals surface area contributed by atoms with E-state index in [1.807, 2.05) is 7.05 Å². The fraction of sp³-hybridized carbons (Fsp3) is 0.692. The largest absolute Gasteiger partial charge is 0.348 e. The standard InChI is InChI=1S/C13H20N4O/c1-17-5-4-12(16-17)13(18)15-11-3-2-9-7-14-8-10(9)6-11/h4-5,9-11,14H,2-3,6-8H2,1H3,(H,15,18)/t9-,10+,11?/m0/s1. The molecule has 18 heavy (non-hydrogen) atoms. The van der Waals surface area contributed by atoms with Gasteiger partial charge in [0.1, 0.15) is 5.69 Å². The molecule has 1 aliphatic carbocycles. The predicted octanol–water partition coefficient (Wildman–Crippen LogP) is 0.538. The van der Waals surface area contributed by atoms with Crippen molar-refractivity contribution in [2.45, 2.75) is 25.3 Å². The lowest BCUT2D eigenvalue weighted by Gasteiger charge is -2.31. The van der Waals surface area contributed by atoms with Crippen LogP contribution in [0, 0.1) is 11.8 Å². The third-order valence-electron chi connectivity index (χ3n) is 4.23. The van der Waals surface area contributed by atoms with E-state index in [4.69, 9.17) is 0 Å². The zero-order chi connectivity index (χ0) is 12.5. The molecule has 2 fully saturated rings. The van der Waals surface area contributed by atoms with E-state index in [0.29, 0.717) is 11.7 Å². The van der Waals surface area contributed by atoms with Crippen molar-refractivity contribution >= 4 is 5.91 Å². The van der Waals surface area contributed by atoms with E-state index in [9.17, 15) is 4.79 Å². The Morgan fingerprint density at radius 3 is 3.06 bits per heavy atom. The number of fused-ring (bicyclic) bond motifs is 1. The summed E-state index contributed by atoms with van der Waals surface area (Å²) in [6, 6.07) is 2.08. The number of hydrogen-bond acceptors (Lipinski definition) is 3. The van der Waals surface area contributed by atoms with Crippen LogP contribution in [0.2, 0.25) is 0 Å². The SMILES string of the molecule is Cn1ccc(C(=O)NC2CC[C@H]3CNC[C@H]3C2)n1. The average Bonchev–Trinajstić information content (AvgIpc) is 2.96. The summed E-state index contributed by atoms with van der Waals surface area (Å²) in [7, 11) is 1.83. The van der Waals surface area contributed by atoms with Gasteiger partial charge in [0.15, 0.2) is 0 Å². The Labute approximate surface area is 107 Å². The molecule has 5 heteroatoms. The number of nitrogens with zero attached hydrogens (tertiary/aromatic N) is 2. The van der Waals surface area contributed by atoms with Crippen molar-refractivity contribution in [3.05, 3.63) is 18.0 Å². The van der Waals surface area contributed by atoms with Gasteiger partial charge in [-0.15, -0.1) is 0 Å². The van der Waals surface area contributed by atoms with Crippen LogP contribution in [0.5, 0.6) is 0 Å². The molecule has 3 rings (SSSR count). The van der Waals surface area contributed by atoms with Crippen LogP contribution in [0.15, 0.2) is 12.3 Å². The van der Waals surface area contributed by atoms with Gasteiger partial charge < -0.3 is 10.6 Å². The second kappa shape index (κ2) is 4.72. The van der Waals surface area contributed by atoms with E-state index in [1.165, 1.54) is 6.42 Å². The van der Waals surface area contributed by atoms with E-state index in [-0.39, 0.29) is 5.91 Å². The Bertz CT molecular complexity index is 442. The molecule has 2 heterocycles. The maximum absolute atomic E-state index is 12.0. The summed E-state index contributed by atoms with van der Waals surface area (Å²) in [4.78, 5) is 12.0. The zero-order valence-corrected chi connectivity index (χ0v) is 10.7. The Kier molecular flexibility index (Phi) is 3.07. The van der Waals surface area contributed by atoms with Crippen molar-refractivity contribution in [1.29, 1.82) is 0 Å². The highest BCUT2D eigenvalue weighted by Crippen LogP contribution is 2.32. The summed E-state index contributed by atoms with van der Waals surface area (Å²) in [5.74, 6) is 1.53. The minimum Gasteiger partial charge on any atom is -0.348 e. The Morgan fingerprint density at radius 1 is 1.44 bits per heavy atom. The summed E-state index contributed by atoms with van der Waals surface area (Å²) < 4.78 is 1.66. The van der Waals surface area contributed by atoms with E-state index >= 15 is 0 Å². The molecule has 1 aromatic rings. The molecule has 1 unspecified atom stereocenters. The van der Waals surface area contributed by atoms with Gasteiger partial charge in [0.05, 0.1) is 0 Å². The Balaban J connectivity index is 1.58. The molecule has 0 spiro atoms. The highest BCUT2D eigenvalue weighted by atomic mass is 16.2. The zero-order valence-electron chi connectivity index (χ0n) is 10.7. The Hall–Kier alpha value is -1.36. The van der Waals surface area contributed by atoms with Crippen LogP contribution in [-0.2, 0) is 7.05 Å². The summed E-state index contributed by atoms with van der Waals surface area (Å²) in [5.41, 5.74) is 0.518. The molecule has 2 aliphatic rings. The second-order valence-electron chi connectivity index (χ2n) is 5.54. The quantitative estimate of drug-likeness (QED) is 0.803. The first-order valence-electron chi connectivity index (χ1n) is 6.73. The second-order valence-corrected chi connectivity index (χ2v) is 5.54. The van der Waals surface area contributed by atoms with Crippen molar-refractivity contribution in [3.63, 3.8) is 0 Å². The minimum absolute atomic E-state index is 0.0370. The van der Waals surface area contributed by atoms with Crippen molar-refractivity contribution in [2.24, 2.45) is 18.9 Å². The van der Waals surface area contributed by atoms with Gasteiger partial charge in [0.2, 0.25) is 0 Å². The molecule has 98 valence electrons. The van der Waals surface area contributed by atoms with Gasteiger partial charge in [-0.2, -0.15) is 5.10 Å². The van der Waals surface area contributed by atoms with Gasteiger partial charge in [0.25, 0.3) is 5.91 Å². The highest BCUT2D eigenvalue weighted by Gasteiger charge is 2.34. The molecule has 0 radical (unpaired) electrons. The number of carbonyl (C=O) groups excluding carboxylic acids is 1. The fourth-order valence-electron chi connectivity index (χ4n) is 3.23. The molecule has 0 aromatic carbocycles. The number of aromatic nitrogens is 2. The number of carbonyl (C=O) groups is 1. The van der Waals surface area contributed by atoms with Gasteiger partial charge in [-0.3, -0.25) is 9.48 Å². The van der Waals surface area contributed by atoms with Gasteiger partial charge >= 0.3 is 0 Å². The number of nitrogens with one attached hydrogen (secondary N) is 2. The van der Waals surface area contributed by atoms with E-state index in [1.54, 1.807) is 16.9 Å². The molecule has 1 amide bonds. The van der Waals surface area contributed by atoms with E-state index in [2.05, 4.69) is 15.7 Å². The Morgan fingerprint density at radius 2 is 2.28 bits per heavy atom. The maximum Gasteiger partial charge on any atom is 0.271 e. The van der Waals surface area contributed by atoms with Gasteiger partial charge in [0, 0.05) is 19.3 Å². The first-order chi connectivity index (χ1) is 8.72. The monoisotopic (exact) mass is 248 g/mol. The molecule has 2 N–H and O–H groups in total. The molecule has 0 bridgehead atoms. The first kappa shape index (κ1) is 11.7. The molecule has 3 atom stereocenters. The molecular formula is C13H20N4O. The van der Waals surface area contributed by atoms with E-state index in [0.717, 1.165) is 37.8 Å². The normalized spacial score (nSPS) is 31.1. The van der Waals surface area contributed by atoms with Crippen LogP contribution >= 0.6 is 0 Å². The molecule has 1 aliphatic heterocycles. The summed E-state index contributed by atoms with van der Waals surface area (Å²) >= 11 is 0. The third-order valence-corrected chi connectivity index (χ3v) is 4.23. The topological polar surface area (TPSA) is 59.0 Å². The van der Waals surface area contributed by atoms with Crippen molar-refractivity contribution < 1.29 is 4.79 Å². The number of aryl methyl sites for hydroxylation is 1. The highest BCUT2D eigenvalue weighted by molar-refractivity contribution is 5.92. The van der Waals surface area contributed by atoms with Crippen LogP contribution < -0.4 is 10.6 Å². The van der Waals surface area contributed by atoms with E-state index < -0.39 is 0 Å². The molecule has 1 saturated carbocycles. The van der Waals surface area contributed by atoms with Crippen LogP contribution in [0.4, 0.5) is 0 Å². The lowest BCUT2D eigenvalue weighted by Crippen LogP contribution is -2.40. The van der Waals surface area contributed by atoms with Crippen molar-refractivity contribution in [3.8, 4) is 0 Å². The van der Waals surface area contributed by atoms with Gasteiger partial charge in [-0.05, 0) is 50.3 Å². The van der Waals surface area contributed by atoms with Crippen LogP contribution in [0.25, 0.3) is 0 Å². The number of rotatable bonds is 2. The fourth-order valence-corrected chi connectivity index (χ4v) is 3.23. The van der Waals surface area contributed by atoms with Crippen LogP contribution in [0.3, 0.4) is 0 Å². The third kappa shape index (κ3) is 2.27. The summed E-state index contributed by atoms with van der Waals surface area (Å²) in [5, 5.41) is 10.7. The van der Waals surface area contributed by atoms with Gasteiger partial charge in [-0.25, -0.2) is 0 Å².